The van der Waals surface area contributed by atoms with Gasteiger partial charge in [-0.15, -0.1) is 0 Å². The molecule has 1 N–H and O–H groups in total. The van der Waals surface area contributed by atoms with Crippen LogP contribution in [-0.2, 0) is 9.53 Å². The number of likely N-dealkylation sites (tertiary alicyclic amines) is 1. The van der Waals surface area contributed by atoms with Crippen LogP contribution in [0.2, 0.25) is 10.0 Å². The highest BCUT2D eigenvalue weighted by Gasteiger charge is 2.54. The molecule has 214 valence electrons. The van der Waals surface area contributed by atoms with Crippen LogP contribution >= 0.6 is 23.2 Å². The van der Waals surface area contributed by atoms with E-state index in [0.29, 0.717) is 52.9 Å². The van der Waals surface area contributed by atoms with E-state index in [0.717, 1.165) is 5.56 Å². The molecule has 2 aliphatic rings. The molecule has 10 heteroatoms. The summed E-state index contributed by atoms with van der Waals surface area (Å²) in [6.07, 6.45) is 0.682. The van der Waals surface area contributed by atoms with Gasteiger partial charge >= 0.3 is 0 Å². The van der Waals surface area contributed by atoms with E-state index >= 15 is 0 Å². The van der Waals surface area contributed by atoms with Crippen LogP contribution in [0.5, 0.6) is 5.75 Å². The van der Waals surface area contributed by atoms with E-state index < -0.39 is 11.8 Å². The maximum atomic E-state index is 14.1. The van der Waals surface area contributed by atoms with Crippen LogP contribution in [0.3, 0.4) is 0 Å². The van der Waals surface area contributed by atoms with Gasteiger partial charge in [-0.25, -0.2) is 0 Å². The van der Waals surface area contributed by atoms with Crippen LogP contribution in [-0.4, -0.2) is 66.1 Å². The van der Waals surface area contributed by atoms with Crippen molar-refractivity contribution in [2.75, 3.05) is 26.8 Å². The van der Waals surface area contributed by atoms with Crippen LogP contribution in [0, 0.1) is 0 Å². The molecule has 3 aromatic carbocycles. The number of carbonyl (C=O) groups is 3. The molecule has 0 saturated carbocycles. The van der Waals surface area contributed by atoms with Crippen molar-refractivity contribution in [3.05, 3.63) is 99.5 Å². The van der Waals surface area contributed by atoms with Crippen molar-refractivity contribution in [2.45, 2.75) is 37.6 Å². The number of hydrogen-bond donors (Lipinski definition) is 1. The maximum absolute atomic E-state index is 14.1. The summed E-state index contributed by atoms with van der Waals surface area (Å²) in [7, 11) is 1.53. The van der Waals surface area contributed by atoms with Crippen LogP contribution in [0.15, 0.2) is 72.8 Å². The predicted octanol–water partition coefficient (Wildman–Crippen LogP) is 5.35. The number of methoxy groups -OCH3 is 1. The van der Waals surface area contributed by atoms with Crippen LogP contribution in [0.4, 0.5) is 0 Å². The molecule has 2 aliphatic heterocycles. The number of halogens is 2. The molecule has 3 amide bonds. The van der Waals surface area contributed by atoms with Gasteiger partial charge in [0.1, 0.15) is 17.5 Å². The highest BCUT2D eigenvalue weighted by atomic mass is 35.5. The third-order valence-electron chi connectivity index (χ3n) is 7.76. The van der Waals surface area contributed by atoms with Gasteiger partial charge in [-0.2, -0.15) is 0 Å². The van der Waals surface area contributed by atoms with Crippen molar-refractivity contribution in [1.29, 1.82) is 0 Å². The van der Waals surface area contributed by atoms with E-state index in [1.54, 1.807) is 52.3 Å². The van der Waals surface area contributed by atoms with Crippen molar-refractivity contribution in [3.63, 3.8) is 0 Å². The first-order chi connectivity index (χ1) is 19.7. The Morgan fingerprint density at radius 3 is 2.32 bits per heavy atom. The lowest BCUT2D eigenvalue weighted by molar-refractivity contribution is -0.128. The van der Waals surface area contributed by atoms with Gasteiger partial charge in [0.2, 0.25) is 5.91 Å². The second-order valence-corrected chi connectivity index (χ2v) is 11.1. The summed E-state index contributed by atoms with van der Waals surface area (Å²) in [6.45, 7) is 2.61. The minimum absolute atomic E-state index is 0.0454. The quantitative estimate of drug-likeness (QED) is 0.415. The van der Waals surface area contributed by atoms with Gasteiger partial charge in [0.05, 0.1) is 29.8 Å². The number of benzene rings is 3. The Kier molecular flexibility index (Phi) is 8.54. The molecule has 0 bridgehead atoms. The molecule has 0 aromatic heterocycles. The fraction of sp³-hybridized carbons (Fsp3) is 0.323. The SMILES string of the molecule is COc1cccc(C(=O)N2[C@H](C(=O)N[C@@H](C)c3ccccc3)COC23CCN(C(=O)c2ccc(Cl)c(Cl)c2)CC3)c1. The van der Waals surface area contributed by atoms with Crippen molar-refractivity contribution in [2.24, 2.45) is 0 Å². The third-order valence-corrected chi connectivity index (χ3v) is 8.49. The van der Waals surface area contributed by atoms with E-state index in [9.17, 15) is 14.4 Å². The summed E-state index contributed by atoms with van der Waals surface area (Å²) in [5.41, 5.74) is 0.720. The minimum Gasteiger partial charge on any atom is -0.497 e. The molecular weight excluding hydrogens is 565 g/mol. The zero-order valence-electron chi connectivity index (χ0n) is 22.8. The summed E-state index contributed by atoms with van der Waals surface area (Å²) in [5.74, 6) is -0.291. The third kappa shape index (κ3) is 5.91. The number of hydrogen-bond acceptors (Lipinski definition) is 5. The van der Waals surface area contributed by atoms with E-state index in [1.165, 1.54) is 7.11 Å². The van der Waals surface area contributed by atoms with E-state index in [2.05, 4.69) is 5.32 Å². The number of ether oxygens (including phenoxy) is 2. The summed E-state index contributed by atoms with van der Waals surface area (Å²) in [4.78, 5) is 44.2. The molecule has 8 nitrogen and oxygen atoms in total. The molecule has 2 heterocycles. The normalized spacial score (nSPS) is 18.7. The lowest BCUT2D eigenvalue weighted by Crippen LogP contribution is -2.60. The molecule has 0 unspecified atom stereocenters. The average Bonchev–Trinajstić information content (AvgIpc) is 3.37. The average molecular weight is 597 g/mol. The summed E-state index contributed by atoms with van der Waals surface area (Å²) in [5, 5.41) is 3.73. The molecule has 3 aromatic rings. The Balaban J connectivity index is 1.39. The first-order valence-electron chi connectivity index (χ1n) is 13.4. The molecular formula is C31H31Cl2N3O5. The Morgan fingerprint density at radius 1 is 0.927 bits per heavy atom. The fourth-order valence-electron chi connectivity index (χ4n) is 5.47. The number of nitrogens with zero attached hydrogens (tertiary/aromatic N) is 2. The molecule has 0 aliphatic carbocycles. The first-order valence-corrected chi connectivity index (χ1v) is 14.2. The Morgan fingerprint density at radius 2 is 1.63 bits per heavy atom. The lowest BCUT2D eigenvalue weighted by Gasteiger charge is -2.44. The standard InChI is InChI=1S/C31H31Cl2N3O5/c1-20(21-7-4-3-5-8-21)34-28(37)27-19-41-31(36(27)30(39)22-9-6-10-24(17-22)40-2)13-15-35(16-14-31)29(38)23-11-12-25(32)26(33)18-23/h3-12,17-18,20,27H,13-16,19H2,1-2H3,(H,34,37)/t20-,27-/m0/s1. The highest BCUT2D eigenvalue weighted by Crippen LogP contribution is 2.39. The predicted molar refractivity (Wildman–Crippen MR) is 156 cm³/mol. The van der Waals surface area contributed by atoms with Crippen LogP contribution < -0.4 is 10.1 Å². The molecule has 5 rings (SSSR count). The number of rotatable bonds is 6. The summed E-state index contributed by atoms with van der Waals surface area (Å²) < 4.78 is 11.7. The van der Waals surface area contributed by atoms with E-state index in [1.807, 2.05) is 37.3 Å². The van der Waals surface area contributed by atoms with Gasteiger partial charge in [0.25, 0.3) is 11.8 Å². The highest BCUT2D eigenvalue weighted by molar-refractivity contribution is 6.42. The lowest BCUT2D eigenvalue weighted by atomic mass is 9.96. The molecule has 1 spiro atoms. The fourth-order valence-corrected chi connectivity index (χ4v) is 5.77. The monoisotopic (exact) mass is 595 g/mol. The number of piperidine rings is 1. The smallest absolute Gasteiger partial charge is 0.257 e. The number of amides is 3. The molecule has 41 heavy (non-hydrogen) atoms. The first kappa shape index (κ1) is 28.9. The van der Waals surface area contributed by atoms with Gasteiger partial charge in [-0.1, -0.05) is 59.6 Å². The maximum Gasteiger partial charge on any atom is 0.257 e. The molecule has 2 saturated heterocycles. The van der Waals surface area contributed by atoms with E-state index in [-0.39, 0.29) is 30.4 Å². The zero-order valence-corrected chi connectivity index (χ0v) is 24.3. The Bertz CT molecular complexity index is 1440. The molecule has 2 atom stereocenters. The van der Waals surface area contributed by atoms with Crippen LogP contribution in [0.1, 0.15) is 52.1 Å². The van der Waals surface area contributed by atoms with Gasteiger partial charge in [0, 0.05) is 37.1 Å². The largest absolute Gasteiger partial charge is 0.497 e. The number of carbonyl (C=O) groups excluding carboxylic acids is 3. The Hall–Kier alpha value is -3.59. The van der Waals surface area contributed by atoms with Crippen molar-refractivity contribution in [1.82, 2.24) is 15.1 Å². The number of nitrogens with one attached hydrogen (secondary N) is 1. The second kappa shape index (κ2) is 12.1. The van der Waals surface area contributed by atoms with Gasteiger partial charge in [-0.3, -0.25) is 19.3 Å². The summed E-state index contributed by atoms with van der Waals surface area (Å²) >= 11 is 12.2. The van der Waals surface area contributed by atoms with E-state index in [4.69, 9.17) is 32.7 Å². The molecule has 2 fully saturated rings. The molecule has 0 radical (unpaired) electrons. The van der Waals surface area contributed by atoms with Gasteiger partial charge in [0.15, 0.2) is 0 Å². The Labute approximate surface area is 249 Å². The minimum atomic E-state index is -1.05. The van der Waals surface area contributed by atoms with Crippen molar-refractivity contribution >= 4 is 40.9 Å². The van der Waals surface area contributed by atoms with Crippen molar-refractivity contribution in [3.8, 4) is 5.75 Å². The summed E-state index contributed by atoms with van der Waals surface area (Å²) in [6, 6.07) is 20.1. The van der Waals surface area contributed by atoms with Crippen LogP contribution in [0.25, 0.3) is 0 Å². The van der Waals surface area contributed by atoms with Crippen molar-refractivity contribution < 1.29 is 23.9 Å². The van der Waals surface area contributed by atoms with Gasteiger partial charge in [-0.05, 0) is 48.9 Å². The second-order valence-electron chi connectivity index (χ2n) is 10.2. The topological polar surface area (TPSA) is 88.2 Å². The van der Waals surface area contributed by atoms with Gasteiger partial charge < -0.3 is 19.7 Å². The zero-order chi connectivity index (χ0) is 29.1.